The highest BCUT2D eigenvalue weighted by Gasteiger charge is 2.42. The number of amides is 2. The lowest BCUT2D eigenvalue weighted by atomic mass is 9.73. The number of hydrogen-bond acceptors (Lipinski definition) is 4. The molecule has 0 aromatic heterocycles. The summed E-state index contributed by atoms with van der Waals surface area (Å²) in [6.07, 6.45) is 6.83. The summed E-state index contributed by atoms with van der Waals surface area (Å²) in [5, 5.41) is 0. The third-order valence-corrected chi connectivity index (χ3v) is 8.20. The van der Waals surface area contributed by atoms with E-state index in [1.807, 2.05) is 13.8 Å². The van der Waals surface area contributed by atoms with Crippen molar-refractivity contribution in [2.45, 2.75) is 76.2 Å². The highest BCUT2D eigenvalue weighted by Crippen LogP contribution is 2.43. The first-order chi connectivity index (χ1) is 14.1. The maximum Gasteiger partial charge on any atom is 0.241 e. The summed E-state index contributed by atoms with van der Waals surface area (Å²) in [4.78, 5) is 26.5. The Hall–Kier alpha value is -1.93. The number of carbonyl (C=O) groups excluding carboxylic acids is 2. The average Bonchev–Trinajstić information content (AvgIpc) is 3.10. The number of sulfonamides is 1. The summed E-state index contributed by atoms with van der Waals surface area (Å²) in [7, 11) is -3.90. The van der Waals surface area contributed by atoms with Gasteiger partial charge >= 0.3 is 0 Å². The van der Waals surface area contributed by atoms with Crippen molar-refractivity contribution in [3.05, 3.63) is 29.3 Å². The van der Waals surface area contributed by atoms with E-state index in [9.17, 15) is 18.0 Å². The summed E-state index contributed by atoms with van der Waals surface area (Å²) in [5.41, 5.74) is 7.30. The van der Waals surface area contributed by atoms with Gasteiger partial charge in [-0.3, -0.25) is 9.59 Å². The van der Waals surface area contributed by atoms with Crippen LogP contribution in [0.5, 0.6) is 0 Å². The minimum absolute atomic E-state index is 0.0508. The molecule has 1 heterocycles. The third-order valence-electron chi connectivity index (χ3n) is 6.73. The number of nitrogens with two attached hydrogens (primary N) is 1. The van der Waals surface area contributed by atoms with Gasteiger partial charge in [0.05, 0.1) is 4.90 Å². The number of nitrogens with zero attached hydrogens (tertiary/aromatic N) is 1. The van der Waals surface area contributed by atoms with E-state index in [-0.39, 0.29) is 29.1 Å². The Balaban J connectivity index is 1.77. The lowest BCUT2D eigenvalue weighted by Gasteiger charge is -2.33. The highest BCUT2D eigenvalue weighted by molar-refractivity contribution is 7.89. The fourth-order valence-corrected chi connectivity index (χ4v) is 6.02. The number of likely N-dealkylation sites (tertiary alicyclic amines) is 1. The van der Waals surface area contributed by atoms with Gasteiger partial charge in [0.1, 0.15) is 6.04 Å². The molecular weight excluding hydrogens is 402 g/mol. The van der Waals surface area contributed by atoms with E-state index in [2.05, 4.69) is 4.72 Å². The lowest BCUT2D eigenvalue weighted by Crippen LogP contribution is -2.48. The highest BCUT2D eigenvalue weighted by atomic mass is 32.2. The van der Waals surface area contributed by atoms with Crippen LogP contribution in [0.15, 0.2) is 23.1 Å². The van der Waals surface area contributed by atoms with Gasteiger partial charge in [0.15, 0.2) is 0 Å². The molecule has 30 heavy (non-hydrogen) atoms. The van der Waals surface area contributed by atoms with Gasteiger partial charge < -0.3 is 10.6 Å². The Morgan fingerprint density at radius 1 is 1.13 bits per heavy atom. The van der Waals surface area contributed by atoms with Crippen LogP contribution in [0.4, 0.5) is 0 Å². The summed E-state index contributed by atoms with van der Waals surface area (Å²) in [5.74, 6) is -0.811. The molecule has 2 aliphatic rings. The van der Waals surface area contributed by atoms with Crippen molar-refractivity contribution >= 4 is 21.8 Å². The molecule has 1 aliphatic heterocycles. The smallest absolute Gasteiger partial charge is 0.241 e. The van der Waals surface area contributed by atoms with Crippen molar-refractivity contribution in [3.63, 3.8) is 0 Å². The van der Waals surface area contributed by atoms with Crippen LogP contribution in [0.2, 0.25) is 0 Å². The number of hydrogen-bond donors (Lipinski definition) is 2. The Bertz CT molecular complexity index is 907. The second-order valence-corrected chi connectivity index (χ2v) is 10.7. The normalized spacial score (nSPS) is 19.7. The minimum atomic E-state index is -3.90. The minimum Gasteiger partial charge on any atom is -0.370 e. The fourth-order valence-electron chi connectivity index (χ4n) is 4.71. The monoisotopic (exact) mass is 435 g/mol. The number of benzene rings is 1. The Kier molecular flexibility index (Phi) is 6.87. The summed E-state index contributed by atoms with van der Waals surface area (Å²) in [6, 6.07) is 3.88. The van der Waals surface area contributed by atoms with Crippen molar-refractivity contribution in [2.24, 2.45) is 11.1 Å². The van der Waals surface area contributed by atoms with Crippen molar-refractivity contribution in [1.29, 1.82) is 0 Å². The van der Waals surface area contributed by atoms with E-state index < -0.39 is 22.0 Å². The van der Waals surface area contributed by atoms with Gasteiger partial charge in [-0.15, -0.1) is 0 Å². The number of aryl methyl sites for hydroxylation is 2. The maximum atomic E-state index is 13.3. The van der Waals surface area contributed by atoms with Gasteiger partial charge in [0.2, 0.25) is 21.8 Å². The van der Waals surface area contributed by atoms with E-state index >= 15 is 0 Å². The zero-order chi connectivity index (χ0) is 21.9. The molecule has 2 fully saturated rings. The average molecular weight is 436 g/mol. The summed E-state index contributed by atoms with van der Waals surface area (Å²) in [6.45, 7) is 5.06. The van der Waals surface area contributed by atoms with Gasteiger partial charge in [-0.05, 0) is 68.2 Å². The second kappa shape index (κ2) is 9.06. The van der Waals surface area contributed by atoms with Gasteiger partial charge in [0.25, 0.3) is 0 Å². The van der Waals surface area contributed by atoms with Crippen LogP contribution >= 0.6 is 0 Å². The van der Waals surface area contributed by atoms with E-state index in [0.717, 1.165) is 30.4 Å². The lowest BCUT2D eigenvalue weighted by molar-refractivity contribution is -0.132. The molecule has 166 valence electrons. The van der Waals surface area contributed by atoms with Gasteiger partial charge in [-0.2, -0.15) is 4.72 Å². The molecule has 1 unspecified atom stereocenters. The van der Waals surface area contributed by atoms with Gasteiger partial charge in [0, 0.05) is 19.5 Å². The molecule has 1 atom stereocenters. The molecule has 1 saturated heterocycles. The topological polar surface area (TPSA) is 110 Å². The predicted molar refractivity (Wildman–Crippen MR) is 115 cm³/mol. The molecule has 1 aromatic carbocycles. The molecule has 8 heteroatoms. The molecule has 1 saturated carbocycles. The fraction of sp³-hybridized carbons (Fsp3) is 0.636. The van der Waals surface area contributed by atoms with Crippen molar-refractivity contribution < 1.29 is 18.0 Å². The van der Waals surface area contributed by atoms with Crippen LogP contribution in [-0.2, 0) is 19.6 Å². The van der Waals surface area contributed by atoms with Crippen LogP contribution in [0.3, 0.4) is 0 Å². The first kappa shape index (κ1) is 22.7. The molecule has 3 rings (SSSR count). The zero-order valence-electron chi connectivity index (χ0n) is 17.9. The van der Waals surface area contributed by atoms with E-state index in [4.69, 9.17) is 5.73 Å². The number of nitrogens with one attached hydrogen (secondary N) is 1. The maximum absolute atomic E-state index is 13.3. The van der Waals surface area contributed by atoms with Gasteiger partial charge in [-0.25, -0.2) is 8.42 Å². The van der Waals surface area contributed by atoms with Crippen molar-refractivity contribution in [2.75, 3.05) is 13.1 Å². The Morgan fingerprint density at radius 3 is 2.47 bits per heavy atom. The van der Waals surface area contributed by atoms with Crippen LogP contribution in [0.1, 0.15) is 62.5 Å². The molecule has 1 aromatic rings. The van der Waals surface area contributed by atoms with E-state index in [1.165, 1.54) is 25.3 Å². The van der Waals surface area contributed by atoms with Crippen LogP contribution in [0, 0.1) is 19.3 Å². The van der Waals surface area contributed by atoms with Crippen molar-refractivity contribution in [1.82, 2.24) is 9.62 Å². The molecular formula is C22H33N3O4S. The summed E-state index contributed by atoms with van der Waals surface area (Å²) < 4.78 is 28.5. The zero-order valence-corrected chi connectivity index (χ0v) is 18.8. The van der Waals surface area contributed by atoms with Crippen LogP contribution in [-0.4, -0.2) is 44.3 Å². The molecule has 0 bridgehead atoms. The molecule has 1 aliphatic carbocycles. The molecule has 1 spiro atoms. The van der Waals surface area contributed by atoms with E-state index in [1.54, 1.807) is 17.0 Å². The quantitative estimate of drug-likeness (QED) is 0.685. The third kappa shape index (κ3) is 5.21. The predicted octanol–water partition coefficient (Wildman–Crippen LogP) is 2.40. The van der Waals surface area contributed by atoms with Crippen LogP contribution in [0.25, 0.3) is 0 Å². The number of rotatable bonds is 7. The second-order valence-electron chi connectivity index (χ2n) is 9.00. The SMILES string of the molecule is Cc1ccc(S(=O)(=O)NC(CCC(N)=O)C(=O)N2CCC3(CCCCC3)C2)cc1C. The van der Waals surface area contributed by atoms with E-state index in [0.29, 0.717) is 13.1 Å². The Morgan fingerprint density at radius 2 is 1.83 bits per heavy atom. The van der Waals surface area contributed by atoms with Gasteiger partial charge in [-0.1, -0.05) is 25.3 Å². The summed E-state index contributed by atoms with van der Waals surface area (Å²) >= 11 is 0. The molecule has 3 N–H and O–H groups in total. The van der Waals surface area contributed by atoms with Crippen LogP contribution < -0.4 is 10.5 Å². The number of carbonyl (C=O) groups is 2. The molecule has 2 amide bonds. The van der Waals surface area contributed by atoms with Crippen molar-refractivity contribution in [3.8, 4) is 0 Å². The Labute approximate surface area is 179 Å². The first-order valence-corrected chi connectivity index (χ1v) is 12.3. The molecule has 0 radical (unpaired) electrons. The largest absolute Gasteiger partial charge is 0.370 e. The molecule has 7 nitrogen and oxygen atoms in total. The standard InChI is InChI=1S/C22H33N3O4S/c1-16-6-7-18(14-17(16)2)30(28,29)24-19(8-9-20(23)26)21(27)25-13-12-22(15-25)10-4-3-5-11-22/h6-7,14,19,24H,3-5,8-13,15H2,1-2H3,(H2,23,26). The first-order valence-electron chi connectivity index (χ1n) is 10.8. The number of primary amides is 1.